The van der Waals surface area contributed by atoms with E-state index in [0.29, 0.717) is 12.0 Å². The number of rotatable bonds is 5. The maximum absolute atomic E-state index is 13.0. The first-order chi connectivity index (χ1) is 9.72. The molecule has 2 aliphatic rings. The van der Waals surface area contributed by atoms with E-state index in [1.807, 2.05) is 6.92 Å². The molecule has 0 bridgehead atoms. The molecule has 0 atom stereocenters. The van der Waals surface area contributed by atoms with Crippen LogP contribution in [0.25, 0.3) is 0 Å². The van der Waals surface area contributed by atoms with Gasteiger partial charge in [0.15, 0.2) is 0 Å². The molecule has 0 aliphatic carbocycles. The van der Waals surface area contributed by atoms with Crippen molar-refractivity contribution in [3.8, 4) is 0 Å². The maximum Gasteiger partial charge on any atom is 0.228 e. The van der Waals surface area contributed by atoms with Gasteiger partial charge in [-0.1, -0.05) is 13.3 Å². The maximum atomic E-state index is 13.0. The number of ether oxygens (including phenoxy) is 1. The van der Waals surface area contributed by atoms with Crippen LogP contribution in [0.15, 0.2) is 0 Å². The molecule has 1 amide bonds. The zero-order valence-electron chi connectivity index (χ0n) is 13.1. The van der Waals surface area contributed by atoms with Gasteiger partial charge >= 0.3 is 0 Å². The van der Waals surface area contributed by atoms with E-state index in [9.17, 15) is 4.79 Å². The molecular formula is C16H30N2O2. The Morgan fingerprint density at radius 2 is 1.90 bits per heavy atom. The van der Waals surface area contributed by atoms with Gasteiger partial charge in [-0.3, -0.25) is 4.79 Å². The van der Waals surface area contributed by atoms with Gasteiger partial charge in [-0.2, -0.15) is 0 Å². The van der Waals surface area contributed by atoms with E-state index in [4.69, 9.17) is 4.74 Å². The lowest BCUT2D eigenvalue weighted by atomic mass is 9.74. The lowest BCUT2D eigenvalue weighted by molar-refractivity contribution is -0.147. The van der Waals surface area contributed by atoms with E-state index in [1.165, 1.54) is 0 Å². The lowest BCUT2D eigenvalue weighted by Gasteiger charge is -2.42. The quantitative estimate of drug-likeness (QED) is 0.840. The summed E-state index contributed by atoms with van der Waals surface area (Å²) in [4.78, 5) is 15.1. The number of carbonyl (C=O) groups excluding carboxylic acids is 1. The SMILES string of the molecule is CCCC1(C(=O)N2CCC(OCC)CC2)CCNCC1. The minimum atomic E-state index is -0.0849. The smallest absolute Gasteiger partial charge is 0.228 e. The molecule has 4 heteroatoms. The van der Waals surface area contributed by atoms with Crippen LogP contribution in [-0.4, -0.2) is 49.7 Å². The van der Waals surface area contributed by atoms with Crippen molar-refractivity contribution < 1.29 is 9.53 Å². The van der Waals surface area contributed by atoms with Crippen molar-refractivity contribution in [3.63, 3.8) is 0 Å². The van der Waals surface area contributed by atoms with Gasteiger partial charge in [0.2, 0.25) is 5.91 Å². The third-order valence-electron chi connectivity index (χ3n) is 4.87. The molecule has 0 unspecified atom stereocenters. The molecule has 116 valence electrons. The van der Waals surface area contributed by atoms with Crippen LogP contribution in [0, 0.1) is 5.41 Å². The van der Waals surface area contributed by atoms with Gasteiger partial charge < -0.3 is 15.0 Å². The molecule has 0 aromatic carbocycles. The van der Waals surface area contributed by atoms with Gasteiger partial charge in [0.1, 0.15) is 0 Å². The highest BCUT2D eigenvalue weighted by atomic mass is 16.5. The van der Waals surface area contributed by atoms with Crippen LogP contribution in [0.3, 0.4) is 0 Å². The molecule has 0 aromatic heterocycles. The van der Waals surface area contributed by atoms with E-state index >= 15 is 0 Å². The summed E-state index contributed by atoms with van der Waals surface area (Å²) in [5.74, 6) is 0.413. The summed E-state index contributed by atoms with van der Waals surface area (Å²) in [6, 6.07) is 0. The van der Waals surface area contributed by atoms with E-state index in [0.717, 1.165) is 71.3 Å². The average Bonchev–Trinajstić information content (AvgIpc) is 2.49. The Kier molecular flexibility index (Phi) is 5.85. The van der Waals surface area contributed by atoms with Crippen LogP contribution in [0.4, 0.5) is 0 Å². The summed E-state index contributed by atoms with van der Waals surface area (Å²) in [6.45, 7) is 8.75. The summed E-state index contributed by atoms with van der Waals surface area (Å²) >= 11 is 0. The summed E-state index contributed by atoms with van der Waals surface area (Å²) in [5, 5.41) is 3.39. The van der Waals surface area contributed by atoms with E-state index in [-0.39, 0.29) is 5.41 Å². The molecule has 0 spiro atoms. The van der Waals surface area contributed by atoms with Crippen LogP contribution in [0.1, 0.15) is 52.4 Å². The number of nitrogens with one attached hydrogen (secondary N) is 1. The number of carbonyl (C=O) groups is 1. The van der Waals surface area contributed by atoms with Crippen molar-refractivity contribution in [1.29, 1.82) is 0 Å². The third kappa shape index (κ3) is 3.53. The Morgan fingerprint density at radius 3 is 2.45 bits per heavy atom. The zero-order chi connectivity index (χ0) is 14.4. The molecule has 2 saturated heterocycles. The largest absolute Gasteiger partial charge is 0.378 e. The van der Waals surface area contributed by atoms with Gasteiger partial charge in [0, 0.05) is 19.7 Å². The van der Waals surface area contributed by atoms with E-state index < -0.39 is 0 Å². The molecular weight excluding hydrogens is 252 g/mol. The van der Waals surface area contributed by atoms with Gasteiger partial charge in [-0.05, 0) is 52.1 Å². The summed E-state index contributed by atoms with van der Waals surface area (Å²) < 4.78 is 5.68. The van der Waals surface area contributed by atoms with Crippen LogP contribution in [0.5, 0.6) is 0 Å². The van der Waals surface area contributed by atoms with E-state index in [2.05, 4.69) is 17.1 Å². The van der Waals surface area contributed by atoms with E-state index in [1.54, 1.807) is 0 Å². The van der Waals surface area contributed by atoms with Crippen LogP contribution < -0.4 is 5.32 Å². The third-order valence-corrected chi connectivity index (χ3v) is 4.87. The van der Waals surface area contributed by atoms with Crippen LogP contribution in [0.2, 0.25) is 0 Å². The molecule has 2 fully saturated rings. The molecule has 1 N–H and O–H groups in total. The monoisotopic (exact) mass is 282 g/mol. The second kappa shape index (κ2) is 7.41. The van der Waals surface area contributed by atoms with Crippen molar-refractivity contribution in [2.24, 2.45) is 5.41 Å². The minimum absolute atomic E-state index is 0.0849. The molecule has 2 aliphatic heterocycles. The topological polar surface area (TPSA) is 41.6 Å². The molecule has 20 heavy (non-hydrogen) atoms. The first-order valence-corrected chi connectivity index (χ1v) is 8.33. The Balaban J connectivity index is 1.95. The predicted molar refractivity (Wildman–Crippen MR) is 80.7 cm³/mol. The van der Waals surface area contributed by atoms with Crippen molar-refractivity contribution in [3.05, 3.63) is 0 Å². The first kappa shape index (κ1) is 15.8. The number of piperidine rings is 2. The Hall–Kier alpha value is -0.610. The minimum Gasteiger partial charge on any atom is -0.378 e. The molecule has 2 rings (SSSR count). The lowest BCUT2D eigenvalue weighted by Crippen LogP contribution is -2.52. The zero-order valence-corrected chi connectivity index (χ0v) is 13.1. The number of nitrogens with zero attached hydrogens (tertiary/aromatic N) is 1. The molecule has 2 heterocycles. The summed E-state index contributed by atoms with van der Waals surface area (Å²) in [5.41, 5.74) is -0.0849. The summed E-state index contributed by atoms with van der Waals surface area (Å²) in [6.07, 6.45) is 6.51. The normalized spacial score (nSPS) is 23.8. The highest BCUT2D eigenvalue weighted by molar-refractivity contribution is 5.83. The standard InChI is InChI=1S/C16H30N2O2/c1-3-7-16(8-10-17-11-9-16)15(19)18-12-5-14(6-13-18)20-4-2/h14,17H,3-13H2,1-2H3. The van der Waals surface area contributed by atoms with Crippen molar-refractivity contribution >= 4 is 5.91 Å². The fourth-order valence-electron chi connectivity index (χ4n) is 3.75. The van der Waals surface area contributed by atoms with Gasteiger partial charge in [-0.25, -0.2) is 0 Å². The van der Waals surface area contributed by atoms with Gasteiger partial charge in [0.25, 0.3) is 0 Å². The molecule has 0 radical (unpaired) electrons. The fourth-order valence-corrected chi connectivity index (χ4v) is 3.75. The van der Waals surface area contributed by atoms with Crippen molar-refractivity contribution in [2.45, 2.75) is 58.5 Å². The van der Waals surface area contributed by atoms with Crippen LogP contribution >= 0.6 is 0 Å². The average molecular weight is 282 g/mol. The second-order valence-electron chi connectivity index (χ2n) is 6.23. The number of hydrogen-bond acceptors (Lipinski definition) is 3. The second-order valence-corrected chi connectivity index (χ2v) is 6.23. The highest BCUT2D eigenvalue weighted by Crippen LogP contribution is 2.37. The van der Waals surface area contributed by atoms with Gasteiger partial charge in [0.05, 0.1) is 11.5 Å². The molecule has 4 nitrogen and oxygen atoms in total. The molecule has 0 aromatic rings. The Bertz CT molecular complexity index is 300. The number of amides is 1. The highest BCUT2D eigenvalue weighted by Gasteiger charge is 2.41. The number of likely N-dealkylation sites (tertiary alicyclic amines) is 1. The number of hydrogen-bond donors (Lipinski definition) is 1. The van der Waals surface area contributed by atoms with Crippen molar-refractivity contribution in [1.82, 2.24) is 10.2 Å². The molecule has 0 saturated carbocycles. The van der Waals surface area contributed by atoms with Crippen molar-refractivity contribution in [2.75, 3.05) is 32.8 Å². The first-order valence-electron chi connectivity index (χ1n) is 8.33. The summed E-state index contributed by atoms with van der Waals surface area (Å²) in [7, 11) is 0. The predicted octanol–water partition coefficient (Wildman–Crippen LogP) is 2.18. The Labute approximate surface area is 123 Å². The Morgan fingerprint density at radius 1 is 1.25 bits per heavy atom. The van der Waals surface area contributed by atoms with Crippen LogP contribution in [-0.2, 0) is 9.53 Å². The van der Waals surface area contributed by atoms with Gasteiger partial charge in [-0.15, -0.1) is 0 Å². The fraction of sp³-hybridized carbons (Fsp3) is 0.938.